The van der Waals surface area contributed by atoms with Crippen LogP contribution < -0.4 is 15.4 Å². The highest BCUT2D eigenvalue weighted by Crippen LogP contribution is 2.32. The first-order valence-electron chi connectivity index (χ1n) is 8.16. The van der Waals surface area contributed by atoms with Gasteiger partial charge in [-0.15, -0.1) is 0 Å². The number of nitrogens with zero attached hydrogens (tertiary/aromatic N) is 1. The Kier molecular flexibility index (Phi) is 3.69. The number of carbonyl (C=O) groups is 2. The minimum absolute atomic E-state index is 0.324. The summed E-state index contributed by atoms with van der Waals surface area (Å²) in [5, 5.41) is 0. The van der Waals surface area contributed by atoms with Crippen molar-refractivity contribution in [1.82, 2.24) is 0 Å². The molecule has 2 amide bonds. The van der Waals surface area contributed by atoms with Gasteiger partial charge in [0.2, 0.25) is 0 Å². The first-order valence-corrected chi connectivity index (χ1v) is 8.16. The second-order valence-corrected chi connectivity index (χ2v) is 6.16. The summed E-state index contributed by atoms with van der Waals surface area (Å²) in [6, 6.07) is 19.2. The number of anilines is 2. The normalized spacial score (nSPS) is 13.0. The summed E-state index contributed by atoms with van der Waals surface area (Å²) >= 11 is 0. The summed E-state index contributed by atoms with van der Waals surface area (Å²) in [5.74, 6) is 0.417. The maximum absolute atomic E-state index is 12.8. The number of nitrogens with two attached hydrogens (primary N) is 1. The molecule has 1 aliphatic heterocycles. The van der Waals surface area contributed by atoms with E-state index in [-0.39, 0.29) is 11.8 Å². The van der Waals surface area contributed by atoms with Crippen LogP contribution in [0.2, 0.25) is 0 Å². The van der Waals surface area contributed by atoms with Crippen molar-refractivity contribution in [3.8, 4) is 11.5 Å². The molecule has 1 aliphatic rings. The van der Waals surface area contributed by atoms with E-state index in [1.165, 1.54) is 4.90 Å². The van der Waals surface area contributed by atoms with Crippen molar-refractivity contribution < 1.29 is 14.3 Å². The van der Waals surface area contributed by atoms with Crippen LogP contribution in [0.15, 0.2) is 66.7 Å². The molecule has 0 saturated heterocycles. The highest BCUT2D eigenvalue weighted by atomic mass is 16.5. The van der Waals surface area contributed by atoms with Crippen LogP contribution in [0.1, 0.15) is 26.3 Å². The average Bonchev–Trinajstić information content (AvgIpc) is 2.87. The molecule has 3 aromatic carbocycles. The van der Waals surface area contributed by atoms with Gasteiger partial charge in [0, 0.05) is 5.69 Å². The van der Waals surface area contributed by atoms with Gasteiger partial charge < -0.3 is 10.5 Å². The maximum Gasteiger partial charge on any atom is 0.266 e. The number of ether oxygens (including phenoxy) is 1. The second kappa shape index (κ2) is 6.04. The van der Waals surface area contributed by atoms with E-state index in [4.69, 9.17) is 10.5 Å². The predicted molar refractivity (Wildman–Crippen MR) is 99.7 cm³/mol. The summed E-state index contributed by atoms with van der Waals surface area (Å²) in [7, 11) is 0. The number of hydrogen-bond donors (Lipinski definition) is 1. The van der Waals surface area contributed by atoms with Crippen molar-refractivity contribution in [1.29, 1.82) is 0 Å². The Balaban J connectivity index is 1.67. The van der Waals surface area contributed by atoms with Crippen molar-refractivity contribution in [3.05, 3.63) is 83.4 Å². The van der Waals surface area contributed by atoms with E-state index in [1.54, 1.807) is 48.5 Å². The Morgan fingerprint density at radius 2 is 1.50 bits per heavy atom. The molecule has 0 aromatic heterocycles. The number of hydrogen-bond acceptors (Lipinski definition) is 4. The second-order valence-electron chi connectivity index (χ2n) is 6.16. The molecule has 0 fully saturated rings. The van der Waals surface area contributed by atoms with Gasteiger partial charge in [-0.05, 0) is 67.1 Å². The van der Waals surface area contributed by atoms with Gasteiger partial charge in [0.15, 0.2) is 0 Å². The highest BCUT2D eigenvalue weighted by molar-refractivity contribution is 6.34. The minimum atomic E-state index is -0.349. The SMILES string of the molecule is Cc1cccc(N2C(=O)c3ccc(Oc4ccc(N)cc4)cc3C2=O)c1. The van der Waals surface area contributed by atoms with Gasteiger partial charge in [0.1, 0.15) is 11.5 Å². The molecular formula is C21H16N2O3. The molecule has 0 bridgehead atoms. The molecule has 3 aromatic rings. The summed E-state index contributed by atoms with van der Waals surface area (Å²) in [6.45, 7) is 1.92. The van der Waals surface area contributed by atoms with Crippen LogP contribution in [0.3, 0.4) is 0 Å². The molecule has 0 saturated carbocycles. The molecule has 0 radical (unpaired) electrons. The maximum atomic E-state index is 12.8. The number of rotatable bonds is 3. The smallest absolute Gasteiger partial charge is 0.266 e. The van der Waals surface area contributed by atoms with Crippen molar-refractivity contribution in [2.45, 2.75) is 6.92 Å². The lowest BCUT2D eigenvalue weighted by atomic mass is 10.1. The molecule has 128 valence electrons. The van der Waals surface area contributed by atoms with E-state index in [2.05, 4.69) is 0 Å². The number of imide groups is 1. The zero-order valence-corrected chi connectivity index (χ0v) is 14.1. The fraction of sp³-hybridized carbons (Fsp3) is 0.0476. The predicted octanol–water partition coefficient (Wildman–Crippen LogP) is 4.17. The highest BCUT2D eigenvalue weighted by Gasteiger charge is 2.37. The summed E-state index contributed by atoms with van der Waals surface area (Å²) in [5.41, 5.74) is 8.56. The molecule has 0 spiro atoms. The van der Waals surface area contributed by atoms with E-state index in [0.29, 0.717) is 34.0 Å². The van der Waals surface area contributed by atoms with E-state index < -0.39 is 0 Å². The number of benzene rings is 3. The van der Waals surface area contributed by atoms with Crippen molar-refractivity contribution in [2.24, 2.45) is 0 Å². The zero-order chi connectivity index (χ0) is 18.3. The molecule has 4 rings (SSSR count). The standard InChI is InChI=1S/C21H16N2O3/c1-13-3-2-4-15(11-13)23-20(24)18-10-9-17(12-19(18)21(23)25)26-16-7-5-14(22)6-8-16/h2-12H,22H2,1H3. The summed E-state index contributed by atoms with van der Waals surface area (Å²) in [4.78, 5) is 26.7. The van der Waals surface area contributed by atoms with Gasteiger partial charge >= 0.3 is 0 Å². The molecule has 2 N–H and O–H groups in total. The third kappa shape index (κ3) is 2.69. The Bertz CT molecular complexity index is 1030. The Labute approximate surface area is 150 Å². The average molecular weight is 344 g/mol. The Morgan fingerprint density at radius 3 is 2.23 bits per heavy atom. The van der Waals surface area contributed by atoms with Crippen molar-refractivity contribution >= 4 is 23.2 Å². The Hall–Kier alpha value is -3.60. The first-order chi connectivity index (χ1) is 12.5. The molecular weight excluding hydrogens is 328 g/mol. The molecule has 0 atom stereocenters. The number of amides is 2. The topological polar surface area (TPSA) is 72.6 Å². The molecule has 26 heavy (non-hydrogen) atoms. The number of fused-ring (bicyclic) bond motifs is 1. The molecule has 5 nitrogen and oxygen atoms in total. The quantitative estimate of drug-likeness (QED) is 0.572. The lowest BCUT2D eigenvalue weighted by Crippen LogP contribution is -2.29. The van der Waals surface area contributed by atoms with Gasteiger partial charge in [0.25, 0.3) is 11.8 Å². The third-order valence-electron chi connectivity index (χ3n) is 4.23. The number of carbonyl (C=O) groups excluding carboxylic acids is 2. The number of nitrogen functional groups attached to an aromatic ring is 1. The monoisotopic (exact) mass is 344 g/mol. The van der Waals surface area contributed by atoms with Crippen molar-refractivity contribution in [2.75, 3.05) is 10.6 Å². The Morgan fingerprint density at radius 1 is 0.808 bits per heavy atom. The zero-order valence-electron chi connectivity index (χ0n) is 14.1. The van der Waals surface area contributed by atoms with Gasteiger partial charge in [-0.1, -0.05) is 12.1 Å². The molecule has 5 heteroatoms. The van der Waals surface area contributed by atoms with Crippen LogP contribution in [0.4, 0.5) is 11.4 Å². The fourth-order valence-corrected chi connectivity index (χ4v) is 2.96. The van der Waals surface area contributed by atoms with Gasteiger partial charge in [0.05, 0.1) is 16.8 Å². The minimum Gasteiger partial charge on any atom is -0.457 e. The van der Waals surface area contributed by atoms with E-state index >= 15 is 0 Å². The van der Waals surface area contributed by atoms with Crippen LogP contribution in [0, 0.1) is 6.92 Å². The van der Waals surface area contributed by atoms with Crippen LogP contribution in [-0.2, 0) is 0 Å². The molecule has 0 unspecified atom stereocenters. The fourth-order valence-electron chi connectivity index (χ4n) is 2.96. The number of aryl methyl sites for hydroxylation is 1. The van der Waals surface area contributed by atoms with Gasteiger partial charge in [-0.25, -0.2) is 4.90 Å². The van der Waals surface area contributed by atoms with Crippen LogP contribution >= 0.6 is 0 Å². The van der Waals surface area contributed by atoms with Crippen LogP contribution in [-0.4, -0.2) is 11.8 Å². The van der Waals surface area contributed by atoms with E-state index in [1.807, 2.05) is 25.1 Å². The van der Waals surface area contributed by atoms with Crippen molar-refractivity contribution in [3.63, 3.8) is 0 Å². The van der Waals surface area contributed by atoms with Crippen LogP contribution in [0.25, 0.3) is 0 Å². The third-order valence-corrected chi connectivity index (χ3v) is 4.23. The molecule has 0 aliphatic carbocycles. The summed E-state index contributed by atoms with van der Waals surface area (Å²) < 4.78 is 5.76. The first kappa shape index (κ1) is 15.9. The molecule has 1 heterocycles. The largest absolute Gasteiger partial charge is 0.457 e. The van der Waals surface area contributed by atoms with E-state index in [0.717, 1.165) is 5.56 Å². The summed E-state index contributed by atoms with van der Waals surface area (Å²) in [6.07, 6.45) is 0. The lowest BCUT2D eigenvalue weighted by molar-refractivity contribution is 0.0926. The van der Waals surface area contributed by atoms with E-state index in [9.17, 15) is 9.59 Å². The van der Waals surface area contributed by atoms with Crippen LogP contribution in [0.5, 0.6) is 11.5 Å². The lowest BCUT2D eigenvalue weighted by Gasteiger charge is -2.14. The van der Waals surface area contributed by atoms with Gasteiger partial charge in [-0.2, -0.15) is 0 Å². The van der Waals surface area contributed by atoms with Gasteiger partial charge in [-0.3, -0.25) is 9.59 Å².